The molecule has 0 nitrogen and oxygen atoms in total. The topological polar surface area (TPSA) is 0 Å². The van der Waals surface area contributed by atoms with Crippen LogP contribution in [0.15, 0.2) is 58.3 Å². The fourth-order valence-electron chi connectivity index (χ4n) is 2.80. The Morgan fingerprint density at radius 2 is 1.00 bits per heavy atom. The van der Waals surface area contributed by atoms with Crippen LogP contribution in [0.4, 0.5) is 0 Å². The smallest absolute Gasteiger partial charge is 0.0218 e. The molecular weight excluding hydrogens is 328 g/mol. The SMILES string of the molecule is CCCCCc1ccccc1SSc1ccccc1CCCCC. The Morgan fingerprint density at radius 3 is 1.42 bits per heavy atom. The number of benzene rings is 2. The molecule has 0 unspecified atom stereocenters. The Bertz CT molecular complexity index is 539. The summed E-state index contributed by atoms with van der Waals surface area (Å²) in [5.41, 5.74) is 3.01. The first-order valence-electron chi connectivity index (χ1n) is 9.35. The molecule has 0 aromatic heterocycles. The summed E-state index contributed by atoms with van der Waals surface area (Å²) < 4.78 is 0. The van der Waals surface area contributed by atoms with E-state index in [0.29, 0.717) is 0 Å². The van der Waals surface area contributed by atoms with Gasteiger partial charge in [0.15, 0.2) is 0 Å². The average molecular weight is 359 g/mol. The summed E-state index contributed by atoms with van der Waals surface area (Å²) in [5.74, 6) is 0. The molecule has 0 saturated carbocycles. The van der Waals surface area contributed by atoms with Crippen LogP contribution in [0.3, 0.4) is 0 Å². The van der Waals surface area contributed by atoms with Crippen LogP contribution in [0.25, 0.3) is 0 Å². The number of aryl methyl sites for hydroxylation is 2. The molecule has 0 aliphatic carbocycles. The second-order valence-corrected chi connectivity index (χ2v) is 8.51. The fourth-order valence-corrected chi connectivity index (χ4v) is 5.32. The van der Waals surface area contributed by atoms with Gasteiger partial charge in [-0.1, -0.05) is 97.5 Å². The van der Waals surface area contributed by atoms with Gasteiger partial charge < -0.3 is 0 Å². The lowest BCUT2D eigenvalue weighted by Gasteiger charge is -2.11. The standard InChI is InChI=1S/C22H30S2/c1-3-5-7-13-19-15-9-11-17-21(19)23-24-22-18-12-10-16-20(22)14-8-6-4-2/h9-12,15-18H,3-8,13-14H2,1-2H3. The van der Waals surface area contributed by atoms with Gasteiger partial charge >= 0.3 is 0 Å². The fraction of sp³-hybridized carbons (Fsp3) is 0.455. The zero-order valence-electron chi connectivity index (χ0n) is 15.1. The Morgan fingerprint density at radius 1 is 0.583 bits per heavy atom. The van der Waals surface area contributed by atoms with Crippen molar-refractivity contribution in [3.8, 4) is 0 Å². The summed E-state index contributed by atoms with van der Waals surface area (Å²) in [5, 5.41) is 0. The van der Waals surface area contributed by atoms with Crippen molar-refractivity contribution in [3.05, 3.63) is 59.7 Å². The molecular formula is C22H30S2. The van der Waals surface area contributed by atoms with Crippen LogP contribution < -0.4 is 0 Å². The van der Waals surface area contributed by atoms with E-state index in [4.69, 9.17) is 0 Å². The lowest BCUT2D eigenvalue weighted by atomic mass is 10.1. The van der Waals surface area contributed by atoms with Crippen molar-refractivity contribution in [2.75, 3.05) is 0 Å². The highest BCUT2D eigenvalue weighted by atomic mass is 33.1. The molecule has 2 aromatic carbocycles. The third-order valence-corrected chi connectivity index (χ3v) is 6.83. The van der Waals surface area contributed by atoms with Gasteiger partial charge in [0, 0.05) is 9.79 Å². The third kappa shape index (κ3) is 6.57. The lowest BCUT2D eigenvalue weighted by molar-refractivity contribution is 0.712. The molecule has 0 aliphatic rings. The van der Waals surface area contributed by atoms with Crippen molar-refractivity contribution in [2.24, 2.45) is 0 Å². The molecule has 24 heavy (non-hydrogen) atoms. The molecule has 0 fully saturated rings. The summed E-state index contributed by atoms with van der Waals surface area (Å²) >= 11 is 0. The Hall–Kier alpha value is -0.860. The van der Waals surface area contributed by atoms with E-state index < -0.39 is 0 Å². The van der Waals surface area contributed by atoms with Crippen molar-refractivity contribution in [1.29, 1.82) is 0 Å². The second-order valence-electron chi connectivity index (χ2n) is 6.30. The molecule has 130 valence electrons. The molecule has 0 amide bonds. The zero-order chi connectivity index (χ0) is 17.0. The molecule has 0 atom stereocenters. The number of unbranched alkanes of at least 4 members (excludes halogenated alkanes) is 4. The van der Waals surface area contributed by atoms with Crippen LogP contribution in [-0.2, 0) is 12.8 Å². The minimum absolute atomic E-state index is 1.20. The maximum absolute atomic E-state index is 2.30. The monoisotopic (exact) mass is 358 g/mol. The van der Waals surface area contributed by atoms with Crippen molar-refractivity contribution in [2.45, 2.75) is 75.0 Å². The molecule has 0 N–H and O–H groups in total. The van der Waals surface area contributed by atoms with Crippen LogP contribution in [0.1, 0.15) is 63.5 Å². The zero-order valence-corrected chi connectivity index (χ0v) is 16.7. The predicted octanol–water partition coefficient (Wildman–Crippen LogP) is 7.95. The first kappa shape index (κ1) is 19.5. The largest absolute Gasteiger partial charge is 0.0654 e. The van der Waals surface area contributed by atoms with Crippen molar-refractivity contribution >= 4 is 21.6 Å². The Balaban J connectivity index is 1.98. The minimum atomic E-state index is 1.20. The molecule has 0 bridgehead atoms. The first-order chi connectivity index (χ1) is 11.8. The quantitative estimate of drug-likeness (QED) is 0.295. The van der Waals surface area contributed by atoms with Gasteiger partial charge in [0.05, 0.1) is 0 Å². The number of rotatable bonds is 11. The highest BCUT2D eigenvalue weighted by molar-refractivity contribution is 8.76. The van der Waals surface area contributed by atoms with Crippen LogP contribution in [0.2, 0.25) is 0 Å². The molecule has 0 saturated heterocycles. The average Bonchev–Trinajstić information content (AvgIpc) is 2.62. The van der Waals surface area contributed by atoms with Gasteiger partial charge in [-0.25, -0.2) is 0 Å². The molecule has 2 rings (SSSR count). The summed E-state index contributed by atoms with van der Waals surface area (Å²) in [6.07, 6.45) is 10.2. The lowest BCUT2D eigenvalue weighted by Crippen LogP contribution is -1.89. The molecule has 0 radical (unpaired) electrons. The van der Waals surface area contributed by atoms with Crippen LogP contribution in [0, 0.1) is 0 Å². The van der Waals surface area contributed by atoms with Gasteiger partial charge in [-0.15, -0.1) is 0 Å². The summed E-state index contributed by atoms with van der Waals surface area (Å²) in [4.78, 5) is 2.86. The van der Waals surface area contributed by atoms with E-state index in [1.807, 2.05) is 21.6 Å². The van der Waals surface area contributed by atoms with Gasteiger partial charge in [-0.05, 0) is 48.9 Å². The molecule has 2 heteroatoms. The van der Waals surface area contributed by atoms with Crippen molar-refractivity contribution in [3.63, 3.8) is 0 Å². The van der Waals surface area contributed by atoms with Gasteiger partial charge in [0.2, 0.25) is 0 Å². The van der Waals surface area contributed by atoms with Crippen LogP contribution >= 0.6 is 21.6 Å². The van der Waals surface area contributed by atoms with E-state index in [9.17, 15) is 0 Å². The van der Waals surface area contributed by atoms with E-state index in [2.05, 4.69) is 62.4 Å². The molecule has 2 aromatic rings. The third-order valence-electron chi connectivity index (χ3n) is 4.27. The van der Waals surface area contributed by atoms with Gasteiger partial charge in [0.25, 0.3) is 0 Å². The summed E-state index contributed by atoms with van der Waals surface area (Å²) in [7, 11) is 3.86. The Labute approximate surface area is 156 Å². The first-order valence-corrected chi connectivity index (χ1v) is 11.5. The Kier molecular flexibility index (Phi) is 9.45. The minimum Gasteiger partial charge on any atom is -0.0654 e. The van der Waals surface area contributed by atoms with Crippen molar-refractivity contribution < 1.29 is 0 Å². The van der Waals surface area contributed by atoms with Gasteiger partial charge in [0.1, 0.15) is 0 Å². The van der Waals surface area contributed by atoms with E-state index in [1.54, 1.807) is 0 Å². The highest BCUT2D eigenvalue weighted by Crippen LogP contribution is 2.41. The maximum atomic E-state index is 2.30. The van der Waals surface area contributed by atoms with E-state index in [1.165, 1.54) is 72.3 Å². The number of hydrogen-bond donors (Lipinski definition) is 0. The van der Waals surface area contributed by atoms with E-state index >= 15 is 0 Å². The van der Waals surface area contributed by atoms with E-state index in [-0.39, 0.29) is 0 Å². The molecule has 0 heterocycles. The second kappa shape index (κ2) is 11.7. The molecule has 0 aliphatic heterocycles. The number of hydrogen-bond acceptors (Lipinski definition) is 2. The summed E-state index contributed by atoms with van der Waals surface area (Å²) in [6.45, 7) is 4.54. The van der Waals surface area contributed by atoms with Gasteiger partial charge in [-0.2, -0.15) is 0 Å². The predicted molar refractivity (Wildman–Crippen MR) is 111 cm³/mol. The highest BCUT2D eigenvalue weighted by Gasteiger charge is 2.07. The van der Waals surface area contributed by atoms with E-state index in [0.717, 1.165) is 0 Å². The van der Waals surface area contributed by atoms with Crippen LogP contribution in [0.5, 0.6) is 0 Å². The normalized spacial score (nSPS) is 10.9. The maximum Gasteiger partial charge on any atom is 0.0218 e. The molecule has 0 spiro atoms. The van der Waals surface area contributed by atoms with Gasteiger partial charge in [-0.3, -0.25) is 0 Å². The van der Waals surface area contributed by atoms with Crippen molar-refractivity contribution in [1.82, 2.24) is 0 Å². The summed E-state index contributed by atoms with van der Waals surface area (Å²) in [6, 6.07) is 17.8. The van der Waals surface area contributed by atoms with Crippen LogP contribution in [-0.4, -0.2) is 0 Å².